The molecule has 8 aliphatic rings. The zero-order chi connectivity index (χ0) is 37.3. The van der Waals surface area contributed by atoms with Gasteiger partial charge < -0.3 is 4.57 Å². The van der Waals surface area contributed by atoms with Crippen molar-refractivity contribution in [2.45, 2.75) is 87.9 Å². The van der Waals surface area contributed by atoms with E-state index in [0.717, 1.165) is 64.2 Å². The molecule has 8 saturated carbocycles. The SMILES string of the molecule is c1ccc(-c2ccc3c(c2)c2cc(-c4ccccc4)ccc2n3-c2ccccc2-c2nc(C34CC5CC(CC(C5)C3)C4)nc(C34CC5CC(CC(C5)C3)C4)n2)cc1. The second-order valence-corrected chi connectivity index (χ2v) is 19.8. The molecule has 4 nitrogen and oxygen atoms in total. The zero-order valence-corrected chi connectivity index (χ0v) is 32.8. The second kappa shape index (κ2) is 12.2. The number of benzene rings is 5. The highest BCUT2D eigenvalue weighted by Gasteiger charge is 2.56. The Hall–Kier alpha value is -5.09. The normalized spacial score (nSPS) is 30.8. The Balaban J connectivity index is 1.03. The van der Waals surface area contributed by atoms with Gasteiger partial charge in [0.15, 0.2) is 5.82 Å². The van der Waals surface area contributed by atoms with E-state index in [1.165, 1.54) is 121 Å². The Kier molecular flexibility index (Phi) is 7.06. The molecule has 0 saturated heterocycles. The number of aromatic nitrogens is 4. The number of fused-ring (bicyclic) bond motifs is 3. The van der Waals surface area contributed by atoms with E-state index in [4.69, 9.17) is 15.0 Å². The Morgan fingerprint density at radius 3 is 1.25 bits per heavy atom. The molecule has 57 heavy (non-hydrogen) atoms. The predicted octanol–water partition coefficient (Wildman–Crippen LogP) is 12.9. The minimum Gasteiger partial charge on any atom is -0.309 e. The van der Waals surface area contributed by atoms with Gasteiger partial charge in [-0.3, -0.25) is 0 Å². The highest BCUT2D eigenvalue weighted by molar-refractivity contribution is 6.12. The lowest BCUT2D eigenvalue weighted by Crippen LogP contribution is -2.51. The van der Waals surface area contributed by atoms with Crippen LogP contribution in [0.4, 0.5) is 0 Å². The quantitative estimate of drug-likeness (QED) is 0.170. The van der Waals surface area contributed by atoms with Crippen LogP contribution in [-0.2, 0) is 10.8 Å². The fraction of sp³-hybridized carbons (Fsp3) is 0.377. The van der Waals surface area contributed by atoms with Crippen LogP contribution in [0.3, 0.4) is 0 Å². The number of nitrogens with zero attached hydrogens (tertiary/aromatic N) is 4. The summed E-state index contributed by atoms with van der Waals surface area (Å²) in [6, 6.07) is 44.7. The van der Waals surface area contributed by atoms with E-state index in [0.29, 0.717) is 0 Å². The van der Waals surface area contributed by atoms with Crippen LogP contribution in [0.2, 0.25) is 0 Å². The third kappa shape index (κ3) is 5.14. The van der Waals surface area contributed by atoms with E-state index in [1.807, 2.05) is 0 Å². The number of rotatable bonds is 6. The summed E-state index contributed by atoms with van der Waals surface area (Å²) < 4.78 is 2.50. The third-order valence-corrected chi connectivity index (χ3v) is 16.0. The summed E-state index contributed by atoms with van der Waals surface area (Å²) in [4.78, 5) is 17.2. The van der Waals surface area contributed by atoms with Gasteiger partial charge in [0.25, 0.3) is 0 Å². The van der Waals surface area contributed by atoms with Crippen LogP contribution in [0.1, 0.15) is 88.7 Å². The van der Waals surface area contributed by atoms with Gasteiger partial charge in [-0.1, -0.05) is 84.9 Å². The van der Waals surface area contributed by atoms with E-state index in [9.17, 15) is 0 Å². The highest BCUT2D eigenvalue weighted by atomic mass is 15.1. The summed E-state index contributed by atoms with van der Waals surface area (Å²) in [5, 5.41) is 2.52. The standard InChI is InChI=1S/C53H50N4/c1-3-9-39(10-4-1)41-15-17-47-44(25-41)45-26-42(40-11-5-2-6-12-40)16-18-48(45)57(47)46-14-8-7-13-43(46)49-54-50(52-27-33-19-34(28-52)21-35(20-33)29-52)56-51(55-49)53-30-36-22-37(31-53)24-38(23-36)32-53/h1-18,25-26,33-38H,19-24,27-32H2. The molecule has 5 aromatic carbocycles. The van der Waals surface area contributed by atoms with Crippen molar-refractivity contribution in [2.24, 2.45) is 35.5 Å². The van der Waals surface area contributed by atoms with Gasteiger partial charge in [0.1, 0.15) is 11.6 Å². The van der Waals surface area contributed by atoms with E-state index >= 15 is 0 Å². The van der Waals surface area contributed by atoms with Crippen LogP contribution in [0, 0.1) is 35.5 Å². The first-order valence-corrected chi connectivity index (χ1v) is 22.1. The number of para-hydroxylation sites is 1. The average Bonchev–Trinajstić information content (AvgIpc) is 3.56. The number of hydrogen-bond acceptors (Lipinski definition) is 3. The molecule has 8 bridgehead atoms. The number of hydrogen-bond donors (Lipinski definition) is 0. The third-order valence-electron chi connectivity index (χ3n) is 16.0. The fourth-order valence-electron chi connectivity index (χ4n) is 14.5. The molecule has 282 valence electrons. The van der Waals surface area contributed by atoms with Gasteiger partial charge in [-0.15, -0.1) is 0 Å². The minimum absolute atomic E-state index is 0.104. The predicted molar refractivity (Wildman–Crippen MR) is 230 cm³/mol. The molecule has 8 fully saturated rings. The monoisotopic (exact) mass is 742 g/mol. The largest absolute Gasteiger partial charge is 0.309 e. The molecule has 2 heterocycles. The molecule has 15 rings (SSSR count). The van der Waals surface area contributed by atoms with Crippen molar-refractivity contribution >= 4 is 21.8 Å². The van der Waals surface area contributed by atoms with E-state index in [2.05, 4.69) is 126 Å². The first-order chi connectivity index (χ1) is 28.0. The van der Waals surface area contributed by atoms with Crippen LogP contribution < -0.4 is 0 Å². The first kappa shape index (κ1) is 32.9. The maximum Gasteiger partial charge on any atom is 0.165 e. The van der Waals surface area contributed by atoms with Crippen molar-refractivity contribution in [3.8, 4) is 39.3 Å². The summed E-state index contributed by atoms with van der Waals surface area (Å²) >= 11 is 0. The van der Waals surface area contributed by atoms with Crippen LogP contribution in [-0.4, -0.2) is 19.5 Å². The van der Waals surface area contributed by atoms with E-state index < -0.39 is 0 Å². The van der Waals surface area contributed by atoms with Gasteiger partial charge in [0.05, 0.1) is 16.7 Å². The van der Waals surface area contributed by atoms with Gasteiger partial charge in [0, 0.05) is 27.2 Å². The molecule has 0 amide bonds. The molecule has 2 aromatic heterocycles. The topological polar surface area (TPSA) is 43.6 Å². The van der Waals surface area contributed by atoms with Crippen molar-refractivity contribution in [2.75, 3.05) is 0 Å². The molecule has 0 atom stereocenters. The molecular weight excluding hydrogens is 693 g/mol. The Morgan fingerprint density at radius 2 is 0.807 bits per heavy atom. The zero-order valence-electron chi connectivity index (χ0n) is 32.8. The van der Waals surface area contributed by atoms with Gasteiger partial charge >= 0.3 is 0 Å². The van der Waals surface area contributed by atoms with Crippen molar-refractivity contribution < 1.29 is 0 Å². The Morgan fingerprint density at radius 1 is 0.404 bits per heavy atom. The summed E-state index contributed by atoms with van der Waals surface area (Å²) in [7, 11) is 0. The average molecular weight is 743 g/mol. The molecule has 0 unspecified atom stereocenters. The molecule has 0 aliphatic heterocycles. The van der Waals surface area contributed by atoms with Crippen molar-refractivity contribution in [1.82, 2.24) is 19.5 Å². The van der Waals surface area contributed by atoms with E-state index in [1.54, 1.807) is 0 Å². The lowest BCUT2D eigenvalue weighted by molar-refractivity contribution is -0.0155. The van der Waals surface area contributed by atoms with Crippen LogP contribution in [0.15, 0.2) is 121 Å². The summed E-state index contributed by atoms with van der Waals surface area (Å²) in [6.07, 6.45) is 16.2. The van der Waals surface area contributed by atoms with Gasteiger partial charge in [0.2, 0.25) is 0 Å². The molecule has 0 spiro atoms. The molecule has 0 N–H and O–H groups in total. The second-order valence-electron chi connectivity index (χ2n) is 19.8. The summed E-state index contributed by atoms with van der Waals surface area (Å²) in [5.74, 6) is 8.23. The Labute approximate surface area is 335 Å². The first-order valence-electron chi connectivity index (χ1n) is 22.1. The summed E-state index contributed by atoms with van der Waals surface area (Å²) in [6.45, 7) is 0. The molecule has 4 heteroatoms. The smallest absolute Gasteiger partial charge is 0.165 e. The fourth-order valence-corrected chi connectivity index (χ4v) is 14.5. The molecule has 8 aliphatic carbocycles. The highest BCUT2D eigenvalue weighted by Crippen LogP contribution is 2.62. The lowest BCUT2D eigenvalue weighted by atomic mass is 9.49. The minimum atomic E-state index is 0.104. The Bertz CT molecular complexity index is 2480. The maximum atomic E-state index is 5.78. The van der Waals surface area contributed by atoms with Crippen molar-refractivity contribution in [1.29, 1.82) is 0 Å². The lowest BCUT2D eigenvalue weighted by Gasteiger charge is -2.57. The van der Waals surface area contributed by atoms with Gasteiger partial charge in [-0.05, 0) is 171 Å². The van der Waals surface area contributed by atoms with Gasteiger partial charge in [-0.2, -0.15) is 0 Å². The van der Waals surface area contributed by atoms with Crippen LogP contribution in [0.25, 0.3) is 61.1 Å². The van der Waals surface area contributed by atoms with Crippen molar-refractivity contribution in [3.05, 3.63) is 133 Å². The molecule has 7 aromatic rings. The molecular formula is C53H50N4. The maximum absolute atomic E-state index is 5.78. The summed E-state index contributed by atoms with van der Waals surface area (Å²) in [5.41, 5.74) is 9.83. The van der Waals surface area contributed by atoms with Gasteiger partial charge in [-0.25, -0.2) is 15.0 Å². The molecule has 0 radical (unpaired) electrons. The van der Waals surface area contributed by atoms with Crippen molar-refractivity contribution in [3.63, 3.8) is 0 Å². The van der Waals surface area contributed by atoms with Crippen LogP contribution in [0.5, 0.6) is 0 Å². The van der Waals surface area contributed by atoms with E-state index in [-0.39, 0.29) is 10.8 Å². The van der Waals surface area contributed by atoms with Crippen LogP contribution >= 0.6 is 0 Å².